The predicted octanol–water partition coefficient (Wildman–Crippen LogP) is 0.738. The molecule has 2 N–H and O–H groups in total. The Morgan fingerprint density at radius 2 is 2.12 bits per heavy atom. The minimum atomic E-state index is -0.963. The van der Waals surface area contributed by atoms with Crippen LogP contribution in [0.15, 0.2) is 18.2 Å². The molecular formula is C10H10FNO4. The first-order valence-corrected chi connectivity index (χ1v) is 4.33. The molecule has 0 saturated carbocycles. The van der Waals surface area contributed by atoms with Crippen molar-refractivity contribution >= 4 is 17.6 Å². The highest BCUT2D eigenvalue weighted by Gasteiger charge is 2.15. The normalized spacial score (nSPS) is 9.62. The smallest absolute Gasteiger partial charge is 0.344 e. The number of ether oxygens (including phenoxy) is 2. The number of halogens is 1. The van der Waals surface area contributed by atoms with E-state index in [1.54, 1.807) is 0 Å². The molecule has 1 rings (SSSR count). The van der Waals surface area contributed by atoms with Gasteiger partial charge in [0.25, 0.3) is 0 Å². The molecule has 0 atom stereocenters. The Morgan fingerprint density at radius 3 is 2.75 bits per heavy atom. The third-order valence-electron chi connectivity index (χ3n) is 1.76. The van der Waals surface area contributed by atoms with E-state index in [1.807, 2.05) is 0 Å². The Hall–Kier alpha value is -2.11. The second kappa shape index (κ2) is 5.11. The zero-order chi connectivity index (χ0) is 12.1. The number of carbonyl (C=O) groups excluding carboxylic acids is 2. The van der Waals surface area contributed by atoms with Crippen molar-refractivity contribution in [3.8, 4) is 0 Å². The summed E-state index contributed by atoms with van der Waals surface area (Å²) in [5, 5.41) is 0. The number of hydrogen-bond donors (Lipinski definition) is 1. The van der Waals surface area contributed by atoms with Crippen LogP contribution >= 0.6 is 0 Å². The number of carbonyl (C=O) groups is 2. The molecule has 0 aliphatic rings. The van der Waals surface area contributed by atoms with Gasteiger partial charge in [-0.2, -0.15) is 0 Å². The number of nitrogen functional groups attached to an aromatic ring is 1. The topological polar surface area (TPSA) is 78.6 Å². The van der Waals surface area contributed by atoms with Crippen molar-refractivity contribution in [2.45, 2.75) is 0 Å². The molecule has 1 aromatic carbocycles. The molecule has 0 fully saturated rings. The van der Waals surface area contributed by atoms with Crippen LogP contribution in [0.2, 0.25) is 0 Å². The SMILES string of the molecule is COC(=O)COC(=O)c1cc(N)ccc1F. The van der Waals surface area contributed by atoms with Crippen LogP contribution in [0.25, 0.3) is 0 Å². The second-order valence-corrected chi connectivity index (χ2v) is 2.89. The van der Waals surface area contributed by atoms with Gasteiger partial charge in [0.15, 0.2) is 6.61 Å². The van der Waals surface area contributed by atoms with E-state index in [0.717, 1.165) is 19.2 Å². The predicted molar refractivity (Wildman–Crippen MR) is 53.1 cm³/mol. The third-order valence-corrected chi connectivity index (χ3v) is 1.76. The van der Waals surface area contributed by atoms with E-state index in [9.17, 15) is 14.0 Å². The summed E-state index contributed by atoms with van der Waals surface area (Å²) in [5.41, 5.74) is 5.29. The third kappa shape index (κ3) is 2.94. The van der Waals surface area contributed by atoms with E-state index in [0.29, 0.717) is 0 Å². The quantitative estimate of drug-likeness (QED) is 0.608. The largest absolute Gasteiger partial charge is 0.466 e. The van der Waals surface area contributed by atoms with E-state index in [-0.39, 0.29) is 11.3 Å². The Kier molecular flexibility index (Phi) is 3.82. The summed E-state index contributed by atoms with van der Waals surface area (Å²) >= 11 is 0. The lowest BCUT2D eigenvalue weighted by Gasteiger charge is -2.04. The zero-order valence-electron chi connectivity index (χ0n) is 8.53. The van der Waals surface area contributed by atoms with Gasteiger partial charge in [-0.3, -0.25) is 0 Å². The number of nitrogens with two attached hydrogens (primary N) is 1. The molecule has 0 aliphatic carbocycles. The second-order valence-electron chi connectivity index (χ2n) is 2.89. The van der Waals surface area contributed by atoms with Crippen molar-refractivity contribution in [3.63, 3.8) is 0 Å². The van der Waals surface area contributed by atoms with E-state index in [1.165, 1.54) is 6.07 Å². The summed E-state index contributed by atoms with van der Waals surface area (Å²) in [5.74, 6) is -2.45. The van der Waals surface area contributed by atoms with Crippen LogP contribution in [0, 0.1) is 5.82 Å². The zero-order valence-corrected chi connectivity index (χ0v) is 8.53. The first-order valence-electron chi connectivity index (χ1n) is 4.33. The molecule has 0 saturated heterocycles. The maximum absolute atomic E-state index is 13.2. The average molecular weight is 227 g/mol. The maximum Gasteiger partial charge on any atom is 0.344 e. The summed E-state index contributed by atoms with van der Waals surface area (Å²) < 4.78 is 21.9. The van der Waals surface area contributed by atoms with Gasteiger partial charge in [0.2, 0.25) is 0 Å². The van der Waals surface area contributed by atoms with Crippen molar-refractivity contribution < 1.29 is 23.5 Å². The molecule has 0 spiro atoms. The molecular weight excluding hydrogens is 217 g/mol. The molecule has 5 nitrogen and oxygen atoms in total. The number of benzene rings is 1. The summed E-state index contributed by atoms with van der Waals surface area (Å²) in [4.78, 5) is 22.0. The molecule has 16 heavy (non-hydrogen) atoms. The van der Waals surface area contributed by atoms with Crippen LogP contribution in [-0.4, -0.2) is 25.7 Å². The first kappa shape index (κ1) is 12.0. The highest BCUT2D eigenvalue weighted by Crippen LogP contribution is 2.13. The number of rotatable bonds is 3. The molecule has 86 valence electrons. The van der Waals surface area contributed by atoms with E-state index >= 15 is 0 Å². The average Bonchev–Trinajstić information content (AvgIpc) is 2.28. The number of hydrogen-bond acceptors (Lipinski definition) is 5. The fourth-order valence-corrected chi connectivity index (χ4v) is 0.960. The van der Waals surface area contributed by atoms with Crippen molar-refractivity contribution in [3.05, 3.63) is 29.6 Å². The van der Waals surface area contributed by atoms with Crippen molar-refractivity contribution in [2.24, 2.45) is 0 Å². The Balaban J connectivity index is 2.73. The van der Waals surface area contributed by atoms with E-state index < -0.39 is 24.4 Å². The molecule has 0 unspecified atom stereocenters. The highest BCUT2D eigenvalue weighted by molar-refractivity contribution is 5.91. The van der Waals surface area contributed by atoms with Crippen molar-refractivity contribution in [2.75, 3.05) is 19.5 Å². The highest BCUT2D eigenvalue weighted by atomic mass is 19.1. The fraction of sp³-hybridized carbons (Fsp3) is 0.200. The van der Waals surface area contributed by atoms with Gasteiger partial charge >= 0.3 is 11.9 Å². The van der Waals surface area contributed by atoms with E-state index in [4.69, 9.17) is 5.73 Å². The molecule has 1 aromatic rings. The lowest BCUT2D eigenvalue weighted by molar-refractivity contribution is -0.144. The van der Waals surface area contributed by atoms with Crippen LogP contribution < -0.4 is 5.73 Å². The van der Waals surface area contributed by atoms with E-state index in [2.05, 4.69) is 9.47 Å². The van der Waals surface area contributed by atoms with Crippen LogP contribution in [0.4, 0.5) is 10.1 Å². The van der Waals surface area contributed by atoms with Gasteiger partial charge in [-0.1, -0.05) is 0 Å². The lowest BCUT2D eigenvalue weighted by Crippen LogP contribution is -2.16. The summed E-state index contributed by atoms with van der Waals surface area (Å²) in [6.07, 6.45) is 0. The van der Waals surface area contributed by atoms with Gasteiger partial charge in [-0.05, 0) is 18.2 Å². The number of methoxy groups -OCH3 is 1. The Morgan fingerprint density at radius 1 is 1.44 bits per heavy atom. The molecule has 0 bridgehead atoms. The molecule has 0 amide bonds. The van der Waals surface area contributed by atoms with Crippen LogP contribution in [-0.2, 0) is 14.3 Å². The Labute approximate surface area is 90.9 Å². The van der Waals surface area contributed by atoms with Crippen LogP contribution in [0.3, 0.4) is 0 Å². The maximum atomic E-state index is 13.2. The summed E-state index contributed by atoms with van der Waals surface area (Å²) in [6, 6.07) is 3.49. The number of anilines is 1. The van der Waals surface area contributed by atoms with Crippen molar-refractivity contribution in [1.82, 2.24) is 0 Å². The van der Waals surface area contributed by atoms with Gasteiger partial charge in [-0.25, -0.2) is 14.0 Å². The standard InChI is InChI=1S/C10H10FNO4/c1-15-9(13)5-16-10(14)7-4-6(12)2-3-8(7)11/h2-4H,5,12H2,1H3. The minimum Gasteiger partial charge on any atom is -0.466 e. The monoisotopic (exact) mass is 227 g/mol. The molecule has 0 aliphatic heterocycles. The first-order chi connectivity index (χ1) is 7.54. The fourth-order valence-electron chi connectivity index (χ4n) is 0.960. The van der Waals surface area contributed by atoms with Crippen LogP contribution in [0.1, 0.15) is 10.4 Å². The van der Waals surface area contributed by atoms with Gasteiger partial charge in [0.05, 0.1) is 12.7 Å². The van der Waals surface area contributed by atoms with Gasteiger partial charge in [0, 0.05) is 5.69 Å². The van der Waals surface area contributed by atoms with Crippen LogP contribution in [0.5, 0.6) is 0 Å². The number of esters is 2. The molecule has 0 aromatic heterocycles. The summed E-state index contributed by atoms with van der Waals surface area (Å²) in [6.45, 7) is -0.566. The molecule has 6 heteroatoms. The van der Waals surface area contributed by atoms with Gasteiger partial charge < -0.3 is 15.2 Å². The van der Waals surface area contributed by atoms with Gasteiger partial charge in [-0.15, -0.1) is 0 Å². The van der Waals surface area contributed by atoms with Crippen molar-refractivity contribution in [1.29, 1.82) is 0 Å². The molecule has 0 heterocycles. The minimum absolute atomic E-state index is 0.228. The summed E-state index contributed by atoms with van der Waals surface area (Å²) in [7, 11) is 1.15. The Bertz CT molecular complexity index is 419. The van der Waals surface area contributed by atoms with Gasteiger partial charge in [0.1, 0.15) is 5.82 Å². The lowest BCUT2D eigenvalue weighted by atomic mass is 10.2. The molecule has 0 radical (unpaired) electrons.